The molecule has 1 aromatic rings. The summed E-state index contributed by atoms with van der Waals surface area (Å²) in [7, 11) is 0. The van der Waals surface area contributed by atoms with Gasteiger partial charge in [-0.05, 0) is 18.6 Å². The predicted molar refractivity (Wildman–Crippen MR) is 74.4 cm³/mol. The van der Waals surface area contributed by atoms with E-state index in [1.807, 2.05) is 6.92 Å². The zero-order chi connectivity index (χ0) is 14.6. The molecule has 1 rings (SSSR count). The second kappa shape index (κ2) is 6.74. The van der Waals surface area contributed by atoms with Crippen molar-refractivity contribution in [3.05, 3.63) is 35.1 Å². The van der Waals surface area contributed by atoms with Gasteiger partial charge in [-0.1, -0.05) is 38.8 Å². The lowest BCUT2D eigenvalue weighted by atomic mass is 10.0. The Balaban J connectivity index is 3.01. The Labute approximate surface area is 126 Å². The Hall–Kier alpha value is -0.560. The van der Waals surface area contributed by atoms with Crippen molar-refractivity contribution in [2.45, 2.75) is 18.9 Å². The molecule has 0 aliphatic heterocycles. The molecular formula is C12H12Br2F3NO. The molecule has 1 N–H and O–H groups in total. The van der Waals surface area contributed by atoms with Gasteiger partial charge in [0.2, 0.25) is 0 Å². The summed E-state index contributed by atoms with van der Waals surface area (Å²) in [4.78, 5) is 11.9. The van der Waals surface area contributed by atoms with Crippen LogP contribution in [-0.2, 0) is 0 Å². The maximum absolute atomic E-state index is 13.1. The van der Waals surface area contributed by atoms with E-state index in [1.54, 1.807) is 0 Å². The molecule has 0 aliphatic rings. The highest BCUT2D eigenvalue weighted by atomic mass is 79.9. The summed E-state index contributed by atoms with van der Waals surface area (Å²) >= 11 is 6.56. The van der Waals surface area contributed by atoms with Crippen molar-refractivity contribution in [1.82, 2.24) is 5.32 Å². The van der Waals surface area contributed by atoms with Crippen LogP contribution in [0.1, 0.15) is 23.7 Å². The molecule has 0 bridgehead atoms. The molecule has 2 nitrogen and oxygen atoms in total. The summed E-state index contributed by atoms with van der Waals surface area (Å²) in [6.45, 7) is 1.87. The van der Waals surface area contributed by atoms with Gasteiger partial charge in [-0.3, -0.25) is 4.79 Å². The van der Waals surface area contributed by atoms with Crippen LogP contribution < -0.4 is 5.32 Å². The Kier molecular flexibility index (Phi) is 5.85. The van der Waals surface area contributed by atoms with Crippen LogP contribution in [-0.4, -0.2) is 22.1 Å². The van der Waals surface area contributed by atoms with Crippen molar-refractivity contribution in [2.75, 3.05) is 10.7 Å². The lowest BCUT2D eigenvalue weighted by Gasteiger charge is -2.30. The average Bonchev–Trinajstić information content (AvgIpc) is 2.41. The Morgan fingerprint density at radius 3 is 2.05 bits per heavy atom. The lowest BCUT2D eigenvalue weighted by Crippen LogP contribution is -2.51. The highest BCUT2D eigenvalue weighted by molar-refractivity contribution is 9.09. The SMILES string of the molecule is CCC(CBr)(CBr)NC(=O)c1cc(F)c(F)c(F)c1. The van der Waals surface area contributed by atoms with E-state index in [0.29, 0.717) is 29.2 Å². The molecule has 0 radical (unpaired) electrons. The Bertz CT molecular complexity index is 447. The monoisotopic (exact) mass is 401 g/mol. The van der Waals surface area contributed by atoms with E-state index >= 15 is 0 Å². The first kappa shape index (κ1) is 16.5. The third kappa shape index (κ3) is 3.72. The Morgan fingerprint density at radius 1 is 1.21 bits per heavy atom. The van der Waals surface area contributed by atoms with Crippen molar-refractivity contribution in [3.63, 3.8) is 0 Å². The first-order chi connectivity index (χ1) is 8.89. The number of hydrogen-bond acceptors (Lipinski definition) is 1. The topological polar surface area (TPSA) is 29.1 Å². The second-order valence-corrected chi connectivity index (χ2v) is 5.23. The quantitative estimate of drug-likeness (QED) is 0.589. The maximum Gasteiger partial charge on any atom is 0.251 e. The molecule has 19 heavy (non-hydrogen) atoms. The van der Waals surface area contributed by atoms with Crippen LogP contribution in [0.25, 0.3) is 0 Å². The van der Waals surface area contributed by atoms with Gasteiger partial charge in [-0.2, -0.15) is 0 Å². The number of nitrogens with one attached hydrogen (secondary N) is 1. The van der Waals surface area contributed by atoms with Gasteiger partial charge in [0.05, 0.1) is 5.54 Å². The third-order valence-corrected chi connectivity index (χ3v) is 4.96. The van der Waals surface area contributed by atoms with E-state index in [1.165, 1.54) is 0 Å². The molecule has 0 atom stereocenters. The largest absolute Gasteiger partial charge is 0.345 e. The van der Waals surface area contributed by atoms with Gasteiger partial charge in [0.25, 0.3) is 5.91 Å². The molecule has 106 valence electrons. The van der Waals surface area contributed by atoms with E-state index in [4.69, 9.17) is 0 Å². The molecule has 0 unspecified atom stereocenters. The van der Waals surface area contributed by atoms with Crippen LogP contribution in [0.4, 0.5) is 13.2 Å². The first-order valence-corrected chi connectivity index (χ1v) is 7.72. The standard InChI is InChI=1S/C12H12Br2F3NO/c1-2-12(5-13,6-14)18-11(19)7-3-8(15)10(17)9(16)4-7/h3-4H,2,5-6H2,1H3,(H,18,19). The van der Waals surface area contributed by atoms with Gasteiger partial charge in [-0.25, -0.2) is 13.2 Å². The normalized spacial score (nSPS) is 11.5. The minimum Gasteiger partial charge on any atom is -0.345 e. The van der Waals surface area contributed by atoms with Crippen molar-refractivity contribution < 1.29 is 18.0 Å². The molecular weight excluding hydrogens is 391 g/mol. The first-order valence-electron chi connectivity index (χ1n) is 5.48. The summed E-state index contributed by atoms with van der Waals surface area (Å²) in [5.74, 6) is -5.01. The fourth-order valence-corrected chi connectivity index (χ4v) is 3.38. The van der Waals surface area contributed by atoms with Gasteiger partial charge < -0.3 is 5.32 Å². The zero-order valence-electron chi connectivity index (χ0n) is 10.1. The number of amides is 1. The van der Waals surface area contributed by atoms with Gasteiger partial charge in [0.15, 0.2) is 17.5 Å². The van der Waals surface area contributed by atoms with Crippen molar-refractivity contribution in [2.24, 2.45) is 0 Å². The van der Waals surface area contributed by atoms with Gasteiger partial charge in [-0.15, -0.1) is 0 Å². The molecule has 1 amide bonds. The molecule has 0 aliphatic carbocycles. The highest BCUT2D eigenvalue weighted by Gasteiger charge is 2.28. The molecule has 0 aromatic heterocycles. The number of carbonyl (C=O) groups excluding carboxylic acids is 1. The molecule has 0 fully saturated rings. The van der Waals surface area contributed by atoms with Crippen molar-refractivity contribution >= 4 is 37.8 Å². The molecule has 0 saturated heterocycles. The number of halogens is 5. The number of rotatable bonds is 5. The molecule has 0 saturated carbocycles. The predicted octanol–water partition coefficient (Wildman–Crippen LogP) is 3.77. The van der Waals surface area contributed by atoms with Crippen molar-refractivity contribution in [1.29, 1.82) is 0 Å². The molecule has 1 aromatic carbocycles. The second-order valence-electron chi connectivity index (χ2n) is 4.11. The fraction of sp³-hybridized carbons (Fsp3) is 0.417. The number of hydrogen-bond donors (Lipinski definition) is 1. The van der Waals surface area contributed by atoms with E-state index in [-0.39, 0.29) is 5.56 Å². The maximum atomic E-state index is 13.1. The van der Waals surface area contributed by atoms with E-state index < -0.39 is 28.9 Å². The lowest BCUT2D eigenvalue weighted by molar-refractivity contribution is 0.0914. The van der Waals surface area contributed by atoms with Crippen molar-refractivity contribution in [3.8, 4) is 0 Å². The van der Waals surface area contributed by atoms with Crippen LogP contribution in [0.2, 0.25) is 0 Å². The number of benzene rings is 1. The van der Waals surface area contributed by atoms with Gasteiger partial charge >= 0.3 is 0 Å². The molecule has 0 heterocycles. The summed E-state index contributed by atoms with van der Waals surface area (Å²) in [6.07, 6.45) is 0.612. The van der Waals surface area contributed by atoms with Crippen LogP contribution in [0, 0.1) is 17.5 Å². The van der Waals surface area contributed by atoms with Crippen LogP contribution in [0.3, 0.4) is 0 Å². The summed E-state index contributed by atoms with van der Waals surface area (Å²) < 4.78 is 38.9. The average molecular weight is 403 g/mol. The number of carbonyl (C=O) groups is 1. The smallest absolute Gasteiger partial charge is 0.251 e. The van der Waals surface area contributed by atoms with Crippen LogP contribution in [0.15, 0.2) is 12.1 Å². The Morgan fingerprint density at radius 2 is 1.68 bits per heavy atom. The highest BCUT2D eigenvalue weighted by Crippen LogP contribution is 2.19. The minimum absolute atomic E-state index is 0.254. The minimum atomic E-state index is -1.58. The van der Waals surface area contributed by atoms with E-state index in [0.717, 1.165) is 0 Å². The van der Waals surface area contributed by atoms with Gasteiger partial charge in [0.1, 0.15) is 0 Å². The fourth-order valence-electron chi connectivity index (χ4n) is 1.38. The summed E-state index contributed by atoms with van der Waals surface area (Å²) in [6, 6.07) is 1.35. The summed E-state index contributed by atoms with van der Waals surface area (Å²) in [5.41, 5.74) is -0.825. The van der Waals surface area contributed by atoms with E-state index in [9.17, 15) is 18.0 Å². The van der Waals surface area contributed by atoms with Gasteiger partial charge in [0, 0.05) is 16.2 Å². The molecule has 7 heteroatoms. The summed E-state index contributed by atoms with van der Waals surface area (Å²) in [5, 5.41) is 3.63. The zero-order valence-corrected chi connectivity index (χ0v) is 13.2. The van der Waals surface area contributed by atoms with Crippen LogP contribution >= 0.6 is 31.9 Å². The third-order valence-electron chi connectivity index (χ3n) is 2.81. The number of alkyl halides is 2. The van der Waals surface area contributed by atoms with Crippen LogP contribution in [0.5, 0.6) is 0 Å². The molecule has 0 spiro atoms. The van der Waals surface area contributed by atoms with E-state index in [2.05, 4.69) is 37.2 Å².